The molecule has 1 aromatic heterocycles. The van der Waals surface area contributed by atoms with E-state index >= 15 is 0 Å². The number of rotatable bonds is 7. The molecule has 0 saturated carbocycles. The molecule has 0 radical (unpaired) electrons. The first-order chi connectivity index (χ1) is 14.8. The summed E-state index contributed by atoms with van der Waals surface area (Å²) in [5, 5.41) is 3.02. The Morgan fingerprint density at radius 3 is 2.61 bits per heavy atom. The first kappa shape index (κ1) is 22.8. The number of halogens is 2. The van der Waals surface area contributed by atoms with Gasteiger partial charge in [0.25, 0.3) is 5.91 Å². The molecule has 1 unspecified atom stereocenters. The second-order valence-electron chi connectivity index (χ2n) is 6.87. The normalized spacial score (nSPS) is 15.7. The Bertz CT molecular complexity index is 997. The van der Waals surface area contributed by atoms with E-state index in [2.05, 4.69) is 10.3 Å². The third-order valence-corrected chi connectivity index (χ3v) is 5.30. The van der Waals surface area contributed by atoms with E-state index in [9.17, 15) is 14.4 Å². The molecule has 0 spiro atoms. The molecule has 8 nitrogen and oxygen atoms in total. The van der Waals surface area contributed by atoms with Gasteiger partial charge in [-0.15, -0.1) is 0 Å². The second kappa shape index (κ2) is 9.98. The first-order valence-electron chi connectivity index (χ1n) is 9.60. The Balaban J connectivity index is 1.53. The van der Waals surface area contributed by atoms with Crippen LogP contribution in [0.1, 0.15) is 19.0 Å². The number of carbonyl (C=O) groups excluding carboxylic acids is 3. The Kier molecular flexibility index (Phi) is 7.35. The van der Waals surface area contributed by atoms with Gasteiger partial charge in [0.05, 0.1) is 28.3 Å². The summed E-state index contributed by atoms with van der Waals surface area (Å²) < 4.78 is 10.5. The number of nitrogens with one attached hydrogen (secondary N) is 1. The van der Waals surface area contributed by atoms with Gasteiger partial charge < -0.3 is 19.7 Å². The second-order valence-corrected chi connectivity index (χ2v) is 7.69. The average Bonchev–Trinajstić information content (AvgIpc) is 3.13. The molecular weight excluding hydrogens is 445 g/mol. The number of benzene rings is 1. The van der Waals surface area contributed by atoms with E-state index in [0.29, 0.717) is 28.8 Å². The molecule has 1 aliphatic heterocycles. The Labute approximate surface area is 189 Å². The van der Waals surface area contributed by atoms with Crippen LogP contribution in [0.2, 0.25) is 10.0 Å². The predicted molar refractivity (Wildman–Crippen MR) is 117 cm³/mol. The number of hydrogen-bond donors (Lipinski definition) is 1. The highest BCUT2D eigenvalue weighted by Crippen LogP contribution is 2.28. The molecule has 10 heteroatoms. The molecule has 1 fully saturated rings. The summed E-state index contributed by atoms with van der Waals surface area (Å²) in [4.78, 5) is 42.4. The van der Waals surface area contributed by atoms with Gasteiger partial charge in [-0.1, -0.05) is 23.2 Å². The quantitative estimate of drug-likeness (QED) is 0.626. The van der Waals surface area contributed by atoms with Crippen LogP contribution in [0.4, 0.5) is 11.5 Å². The molecule has 2 aromatic rings. The van der Waals surface area contributed by atoms with E-state index in [0.717, 1.165) is 0 Å². The minimum atomic E-state index is -0.661. The molecule has 31 heavy (non-hydrogen) atoms. The number of aromatic nitrogens is 1. The Morgan fingerprint density at radius 2 is 1.94 bits per heavy atom. The number of ether oxygens (including phenoxy) is 2. The highest BCUT2D eigenvalue weighted by atomic mass is 35.5. The van der Waals surface area contributed by atoms with Gasteiger partial charge in [-0.25, -0.2) is 4.98 Å². The number of hydrogen-bond acceptors (Lipinski definition) is 6. The van der Waals surface area contributed by atoms with Crippen LogP contribution in [0.25, 0.3) is 0 Å². The van der Waals surface area contributed by atoms with Gasteiger partial charge in [0.1, 0.15) is 5.75 Å². The van der Waals surface area contributed by atoms with Crippen LogP contribution in [-0.2, 0) is 19.1 Å². The molecular formula is C21H21Cl2N3O5. The van der Waals surface area contributed by atoms with Crippen molar-refractivity contribution in [3.05, 3.63) is 46.1 Å². The molecule has 1 atom stereocenters. The van der Waals surface area contributed by atoms with E-state index in [1.807, 2.05) is 6.92 Å². The average molecular weight is 466 g/mol. The topological polar surface area (TPSA) is 97.8 Å². The van der Waals surface area contributed by atoms with Crippen molar-refractivity contribution in [2.75, 3.05) is 30.0 Å². The lowest BCUT2D eigenvalue weighted by atomic mass is 10.1. The molecule has 1 aliphatic rings. The fourth-order valence-electron chi connectivity index (χ4n) is 3.07. The van der Waals surface area contributed by atoms with Crippen LogP contribution >= 0.6 is 23.2 Å². The summed E-state index contributed by atoms with van der Waals surface area (Å²) in [7, 11) is 0. The third kappa shape index (κ3) is 5.65. The van der Waals surface area contributed by atoms with Crippen LogP contribution in [0.3, 0.4) is 0 Å². The fourth-order valence-corrected chi connectivity index (χ4v) is 3.48. The highest BCUT2D eigenvalue weighted by Gasteiger charge is 2.36. The van der Waals surface area contributed by atoms with Crippen molar-refractivity contribution in [3.63, 3.8) is 0 Å². The zero-order valence-corrected chi connectivity index (χ0v) is 18.5. The summed E-state index contributed by atoms with van der Waals surface area (Å²) in [6.07, 6.45) is 0.0113. The Morgan fingerprint density at radius 1 is 1.23 bits per heavy atom. The Hall–Kier alpha value is -2.84. The van der Waals surface area contributed by atoms with E-state index in [1.165, 1.54) is 11.0 Å². The van der Waals surface area contributed by atoms with E-state index < -0.39 is 24.4 Å². The minimum Gasteiger partial charge on any atom is -0.494 e. The summed E-state index contributed by atoms with van der Waals surface area (Å²) >= 11 is 11.9. The van der Waals surface area contributed by atoms with Gasteiger partial charge in [0.15, 0.2) is 12.4 Å². The molecule has 0 bridgehead atoms. The molecule has 164 valence electrons. The summed E-state index contributed by atoms with van der Waals surface area (Å²) in [6, 6.07) is 8.51. The molecule has 1 N–H and O–H groups in total. The number of amides is 2. The molecule has 2 amide bonds. The van der Waals surface area contributed by atoms with Gasteiger partial charge in [-0.3, -0.25) is 14.4 Å². The lowest BCUT2D eigenvalue weighted by Crippen LogP contribution is -2.28. The maximum atomic E-state index is 12.4. The summed E-state index contributed by atoms with van der Waals surface area (Å²) in [5.41, 5.74) is 1.16. The van der Waals surface area contributed by atoms with Crippen molar-refractivity contribution in [2.24, 2.45) is 5.92 Å². The molecule has 2 heterocycles. The summed E-state index contributed by atoms with van der Waals surface area (Å²) in [6.45, 7) is 3.75. The van der Waals surface area contributed by atoms with Crippen molar-refractivity contribution in [1.29, 1.82) is 0 Å². The van der Waals surface area contributed by atoms with E-state index in [-0.39, 0.29) is 29.7 Å². The monoisotopic (exact) mass is 465 g/mol. The lowest BCUT2D eigenvalue weighted by Gasteiger charge is -2.17. The van der Waals surface area contributed by atoms with Gasteiger partial charge in [0, 0.05) is 18.7 Å². The standard InChI is InChI=1S/C21H21Cl2N3O5/c1-3-30-15-6-4-14(5-7-15)26-10-13(8-19(26)28)21(29)31-11-18(27)25-20-17(23)9-16(22)12(2)24-20/h4-7,9,13H,3,8,10-11H2,1-2H3,(H,24,25,27). The molecule has 0 aliphatic carbocycles. The molecule has 1 saturated heterocycles. The van der Waals surface area contributed by atoms with Crippen LogP contribution in [-0.4, -0.2) is 42.5 Å². The minimum absolute atomic E-state index is 0.0113. The first-order valence-corrected chi connectivity index (χ1v) is 10.4. The number of carbonyl (C=O) groups is 3. The van der Waals surface area contributed by atoms with Gasteiger partial charge in [-0.05, 0) is 44.2 Å². The van der Waals surface area contributed by atoms with Gasteiger partial charge in [0.2, 0.25) is 5.91 Å². The predicted octanol–water partition coefficient (Wildman–Crippen LogP) is 3.63. The van der Waals surface area contributed by atoms with Crippen LogP contribution in [0.15, 0.2) is 30.3 Å². The van der Waals surface area contributed by atoms with Crippen molar-refractivity contribution in [1.82, 2.24) is 4.98 Å². The smallest absolute Gasteiger partial charge is 0.311 e. The molecule has 1 aromatic carbocycles. The van der Waals surface area contributed by atoms with Crippen LogP contribution in [0.5, 0.6) is 5.75 Å². The maximum absolute atomic E-state index is 12.4. The van der Waals surface area contributed by atoms with E-state index in [4.69, 9.17) is 32.7 Å². The summed E-state index contributed by atoms with van der Waals surface area (Å²) in [5.74, 6) is -1.25. The highest BCUT2D eigenvalue weighted by molar-refractivity contribution is 6.36. The van der Waals surface area contributed by atoms with Gasteiger partial charge in [-0.2, -0.15) is 0 Å². The molecule has 3 rings (SSSR count). The van der Waals surface area contributed by atoms with Crippen LogP contribution < -0.4 is 15.0 Å². The number of esters is 1. The zero-order chi connectivity index (χ0) is 22.5. The number of anilines is 2. The third-order valence-electron chi connectivity index (χ3n) is 4.63. The SMILES string of the molecule is CCOc1ccc(N2CC(C(=O)OCC(=O)Nc3nc(C)c(Cl)cc3Cl)CC2=O)cc1. The zero-order valence-electron chi connectivity index (χ0n) is 17.0. The largest absolute Gasteiger partial charge is 0.494 e. The van der Waals surface area contributed by atoms with Crippen molar-refractivity contribution >= 4 is 52.5 Å². The van der Waals surface area contributed by atoms with E-state index in [1.54, 1.807) is 31.2 Å². The van der Waals surface area contributed by atoms with Crippen molar-refractivity contribution < 1.29 is 23.9 Å². The fraction of sp³-hybridized carbons (Fsp3) is 0.333. The lowest BCUT2D eigenvalue weighted by molar-refractivity contribution is -0.151. The van der Waals surface area contributed by atoms with Crippen LogP contribution in [0, 0.1) is 12.8 Å². The van der Waals surface area contributed by atoms with Gasteiger partial charge >= 0.3 is 5.97 Å². The van der Waals surface area contributed by atoms with Crippen molar-refractivity contribution in [2.45, 2.75) is 20.3 Å². The van der Waals surface area contributed by atoms with Crippen molar-refractivity contribution in [3.8, 4) is 5.75 Å². The number of pyridine rings is 1. The number of aryl methyl sites for hydroxylation is 1. The number of nitrogens with zero attached hydrogens (tertiary/aromatic N) is 2. The maximum Gasteiger partial charge on any atom is 0.311 e.